The van der Waals surface area contributed by atoms with Gasteiger partial charge in [0.05, 0.1) is 13.2 Å². The lowest BCUT2D eigenvalue weighted by Gasteiger charge is -2.22. The number of halogens is 2. The molecule has 0 heterocycles. The normalized spacial score (nSPS) is 11.7. The summed E-state index contributed by atoms with van der Waals surface area (Å²) in [6.07, 6.45) is 11.9. The fourth-order valence-corrected chi connectivity index (χ4v) is 7.17. The largest absolute Gasteiger partial charge is 0.492 e. The summed E-state index contributed by atoms with van der Waals surface area (Å²) in [4.78, 5) is 0. The molecule has 6 aromatic rings. The van der Waals surface area contributed by atoms with Crippen LogP contribution in [-0.4, -0.2) is 13.2 Å². The Labute approximate surface area is 283 Å². The third-order valence-electron chi connectivity index (χ3n) is 9.11. The number of rotatable bonds is 15. The Morgan fingerprint density at radius 2 is 0.783 bits per heavy atom. The van der Waals surface area contributed by atoms with Gasteiger partial charge < -0.3 is 9.47 Å². The number of ether oxygens (including phenoxy) is 2. The van der Waals surface area contributed by atoms with Gasteiger partial charge in [0.25, 0.3) is 0 Å². The monoisotopic (exact) mass is 650 g/mol. The molecule has 0 radical (unpaired) electrons. The quantitative estimate of drug-likeness (QED) is 0.0813. The summed E-state index contributed by atoms with van der Waals surface area (Å²) in [7, 11) is 0. The highest BCUT2D eigenvalue weighted by molar-refractivity contribution is 6.34. The average molecular weight is 652 g/mol. The molecule has 0 saturated carbocycles. The summed E-state index contributed by atoms with van der Waals surface area (Å²) >= 11 is 13.5. The highest BCUT2D eigenvalue weighted by atomic mass is 35.5. The van der Waals surface area contributed by atoms with Crippen molar-refractivity contribution in [1.29, 1.82) is 0 Å². The van der Waals surface area contributed by atoms with Crippen LogP contribution in [0.25, 0.3) is 54.2 Å². The van der Waals surface area contributed by atoms with Crippen molar-refractivity contribution in [3.8, 4) is 22.6 Å². The first-order valence-corrected chi connectivity index (χ1v) is 17.9. The maximum absolute atomic E-state index is 6.76. The number of benzene rings is 6. The first-order chi connectivity index (χ1) is 22.6. The zero-order chi connectivity index (χ0) is 31.9. The molecule has 238 valence electrons. The van der Waals surface area contributed by atoms with Gasteiger partial charge in [-0.2, -0.15) is 0 Å². The van der Waals surface area contributed by atoms with Gasteiger partial charge in [-0.3, -0.25) is 0 Å². The van der Waals surface area contributed by atoms with Crippen molar-refractivity contribution in [2.24, 2.45) is 0 Å². The minimum Gasteiger partial charge on any atom is -0.492 e. The van der Waals surface area contributed by atoms with Crippen LogP contribution in [0, 0.1) is 0 Å². The van der Waals surface area contributed by atoms with Crippen molar-refractivity contribution >= 4 is 66.3 Å². The molecule has 0 aromatic heterocycles. The molecule has 0 spiro atoms. The summed E-state index contributed by atoms with van der Waals surface area (Å²) in [5.74, 6) is 1.85. The molecule has 0 aliphatic rings. The van der Waals surface area contributed by atoms with Crippen LogP contribution in [0.15, 0.2) is 84.9 Å². The summed E-state index contributed by atoms with van der Waals surface area (Å²) in [6, 6.07) is 29.6. The van der Waals surface area contributed by atoms with E-state index in [0.29, 0.717) is 23.3 Å². The van der Waals surface area contributed by atoms with E-state index in [1.807, 2.05) is 12.1 Å². The Morgan fingerprint density at radius 3 is 1.20 bits per heavy atom. The maximum atomic E-state index is 6.76. The molecular formula is C42H44Cl2O2. The van der Waals surface area contributed by atoms with Crippen LogP contribution in [0.3, 0.4) is 0 Å². The summed E-state index contributed by atoms with van der Waals surface area (Å²) in [5.41, 5.74) is 2.27. The van der Waals surface area contributed by atoms with E-state index in [4.69, 9.17) is 32.7 Å². The van der Waals surface area contributed by atoms with Gasteiger partial charge in [-0.05, 0) is 81.9 Å². The molecule has 0 bridgehead atoms. The van der Waals surface area contributed by atoms with E-state index < -0.39 is 0 Å². The van der Waals surface area contributed by atoms with Crippen molar-refractivity contribution < 1.29 is 9.47 Å². The van der Waals surface area contributed by atoms with Gasteiger partial charge in [0.1, 0.15) is 11.5 Å². The van der Waals surface area contributed by atoms with E-state index >= 15 is 0 Å². The van der Waals surface area contributed by atoms with Gasteiger partial charge in [-0.25, -0.2) is 0 Å². The van der Waals surface area contributed by atoms with Crippen LogP contribution in [0.1, 0.15) is 78.1 Å². The first kappa shape index (κ1) is 32.5. The fourth-order valence-electron chi connectivity index (χ4n) is 6.83. The van der Waals surface area contributed by atoms with Crippen LogP contribution in [-0.2, 0) is 0 Å². The Morgan fingerprint density at radius 1 is 0.413 bits per heavy atom. The van der Waals surface area contributed by atoms with E-state index in [9.17, 15) is 0 Å². The van der Waals surface area contributed by atoms with Gasteiger partial charge in [-0.1, -0.05) is 137 Å². The number of hydrogen-bond donors (Lipinski definition) is 0. The Bertz CT molecular complexity index is 1820. The van der Waals surface area contributed by atoms with Crippen LogP contribution in [0.2, 0.25) is 10.0 Å². The molecule has 2 nitrogen and oxygen atoms in total. The number of hydrogen-bond acceptors (Lipinski definition) is 2. The van der Waals surface area contributed by atoms with Crippen LogP contribution in [0.4, 0.5) is 0 Å². The molecule has 4 heteroatoms. The first-order valence-electron chi connectivity index (χ1n) is 17.2. The second-order valence-corrected chi connectivity index (χ2v) is 13.3. The molecule has 0 fully saturated rings. The van der Waals surface area contributed by atoms with Crippen molar-refractivity contribution in [2.75, 3.05) is 13.2 Å². The van der Waals surface area contributed by atoms with Crippen LogP contribution < -0.4 is 9.47 Å². The Kier molecular flexibility index (Phi) is 10.9. The topological polar surface area (TPSA) is 18.5 Å². The van der Waals surface area contributed by atoms with Crippen molar-refractivity contribution in [2.45, 2.75) is 78.1 Å². The van der Waals surface area contributed by atoms with Gasteiger partial charge >= 0.3 is 0 Å². The van der Waals surface area contributed by atoms with Gasteiger partial charge in [0, 0.05) is 31.6 Å². The molecular weight excluding hydrogens is 607 g/mol. The zero-order valence-corrected chi connectivity index (χ0v) is 28.7. The van der Waals surface area contributed by atoms with E-state index in [1.165, 1.54) is 51.4 Å². The molecule has 0 saturated heterocycles. The summed E-state index contributed by atoms with van der Waals surface area (Å²) in [6.45, 7) is 5.88. The molecule has 6 aromatic carbocycles. The van der Waals surface area contributed by atoms with Gasteiger partial charge in [0.15, 0.2) is 0 Å². The van der Waals surface area contributed by atoms with Crippen molar-refractivity contribution in [3.05, 3.63) is 95.0 Å². The van der Waals surface area contributed by atoms with Crippen molar-refractivity contribution in [1.82, 2.24) is 0 Å². The standard InChI is InChI=1S/C42H44Cl2O2/c1-3-5-7-9-15-25-45-41-33-19-13-11-17-31(33)39(37-27-29(43)21-23-35(37)41)40-32-18-12-14-20-34(32)42(46-26-16-10-8-6-4-2)36-24-22-30(44)28-38(36)40/h11-14,17-24,27-28H,3-10,15-16,25-26H2,1-2H3. The lowest BCUT2D eigenvalue weighted by molar-refractivity contribution is 0.311. The predicted molar refractivity (Wildman–Crippen MR) is 200 cm³/mol. The second-order valence-electron chi connectivity index (χ2n) is 12.4. The third kappa shape index (κ3) is 6.80. The molecule has 0 aliphatic carbocycles. The lowest BCUT2D eigenvalue weighted by atomic mass is 9.85. The van der Waals surface area contributed by atoms with Crippen LogP contribution >= 0.6 is 23.2 Å². The zero-order valence-electron chi connectivity index (χ0n) is 27.1. The number of fused-ring (bicyclic) bond motifs is 4. The van der Waals surface area contributed by atoms with Gasteiger partial charge in [0.2, 0.25) is 0 Å². The van der Waals surface area contributed by atoms with E-state index in [-0.39, 0.29) is 0 Å². The second kappa shape index (κ2) is 15.4. The maximum Gasteiger partial charge on any atom is 0.134 e. The summed E-state index contributed by atoms with van der Waals surface area (Å²) < 4.78 is 13.3. The molecule has 0 atom stereocenters. The minimum absolute atomic E-state index is 0.691. The molecule has 46 heavy (non-hydrogen) atoms. The summed E-state index contributed by atoms with van der Waals surface area (Å²) in [5, 5.41) is 10.2. The van der Waals surface area contributed by atoms with E-state index in [2.05, 4.69) is 86.6 Å². The highest BCUT2D eigenvalue weighted by Gasteiger charge is 2.23. The SMILES string of the molecule is CCCCCCCOc1c2ccccc2c(-c2c3ccccc3c(OCCCCCCC)c3ccc(Cl)cc23)c2cc(Cl)ccc12. The molecule has 0 amide bonds. The predicted octanol–water partition coefficient (Wildman–Crippen LogP) is 14.0. The molecule has 0 N–H and O–H groups in total. The van der Waals surface area contributed by atoms with Gasteiger partial charge in [-0.15, -0.1) is 0 Å². The molecule has 0 unspecified atom stereocenters. The van der Waals surface area contributed by atoms with Crippen molar-refractivity contribution in [3.63, 3.8) is 0 Å². The Balaban J connectivity index is 1.57. The lowest BCUT2D eigenvalue weighted by Crippen LogP contribution is -2.01. The average Bonchev–Trinajstić information content (AvgIpc) is 3.07. The number of unbranched alkanes of at least 4 members (excludes halogenated alkanes) is 8. The van der Waals surface area contributed by atoms with E-state index in [0.717, 1.165) is 78.6 Å². The Hall–Kier alpha value is -3.46. The molecule has 6 rings (SSSR count). The van der Waals surface area contributed by atoms with Crippen LogP contribution in [0.5, 0.6) is 11.5 Å². The van der Waals surface area contributed by atoms with E-state index in [1.54, 1.807) is 0 Å². The highest BCUT2D eigenvalue weighted by Crippen LogP contribution is 2.50. The fraction of sp³-hybridized carbons (Fsp3) is 0.333. The minimum atomic E-state index is 0.691. The smallest absolute Gasteiger partial charge is 0.134 e. The third-order valence-corrected chi connectivity index (χ3v) is 9.58. The molecule has 0 aliphatic heterocycles.